The molecule has 380 valence electrons. The van der Waals surface area contributed by atoms with Gasteiger partial charge in [0.05, 0.1) is 36.3 Å². The van der Waals surface area contributed by atoms with Gasteiger partial charge in [-0.1, -0.05) is 24.3 Å². The topological polar surface area (TPSA) is 159 Å². The number of carbonyl (C=O) groups is 3. The second-order valence-corrected chi connectivity index (χ2v) is 18.2. The van der Waals surface area contributed by atoms with Crippen molar-refractivity contribution in [3.05, 3.63) is 144 Å². The minimum absolute atomic E-state index is 0. The summed E-state index contributed by atoms with van der Waals surface area (Å²) in [7, 11) is 0. The zero-order valence-corrected chi connectivity index (χ0v) is 41.1. The van der Waals surface area contributed by atoms with Gasteiger partial charge in [0.1, 0.15) is 39.8 Å². The Bertz CT molecular complexity index is 2850. The molecule has 2 aliphatic heterocycles. The number of β-amino-alcohol motifs (C(OH)–C–C–N with tert-alkyl or cyclic N) is 2. The Morgan fingerprint density at radius 2 is 1.00 bits per heavy atom. The molecular formula is C51H54F6N4O8S2. The third kappa shape index (κ3) is 13.4. The normalized spacial score (nSPS) is 15.7. The molecule has 0 bridgehead atoms. The van der Waals surface area contributed by atoms with Crippen LogP contribution in [0.15, 0.2) is 121 Å². The minimum atomic E-state index is -4.43. The van der Waals surface area contributed by atoms with E-state index in [1.807, 2.05) is 6.07 Å². The SMILES string of the molecule is C[C@H](NC(=O)c1ccc2c(Oc3ccc(C(F)(F)F)cc3)cccc2c1)C1(O)CN(C(=O)OC(C)(C)C)C1.C[C@H](NC(=O)c1ccc2c(Oc3ccc(C(F)(F)F)cc3)cccc2c1)C1(O)CNC1.S.S. The molecular weight excluding hydrogens is 975 g/mol. The summed E-state index contributed by atoms with van der Waals surface area (Å²) in [4.78, 5) is 39.1. The van der Waals surface area contributed by atoms with Gasteiger partial charge < -0.3 is 45.3 Å². The summed E-state index contributed by atoms with van der Waals surface area (Å²) in [5.74, 6) is 0.705. The second kappa shape index (κ2) is 21.7. The van der Waals surface area contributed by atoms with E-state index in [1.54, 1.807) is 101 Å². The van der Waals surface area contributed by atoms with E-state index in [-0.39, 0.29) is 57.5 Å². The lowest BCUT2D eigenvalue weighted by atomic mass is 9.87. The predicted octanol–water partition coefficient (Wildman–Crippen LogP) is 10.1. The lowest BCUT2D eigenvalue weighted by Gasteiger charge is -2.49. The maximum atomic E-state index is 12.9. The van der Waals surface area contributed by atoms with E-state index < -0.39 is 64.4 Å². The third-order valence-electron chi connectivity index (χ3n) is 11.8. The van der Waals surface area contributed by atoms with Crippen LogP contribution < -0.4 is 25.4 Å². The zero-order valence-electron chi connectivity index (χ0n) is 39.1. The molecule has 0 radical (unpaired) electrons. The zero-order chi connectivity index (χ0) is 50.1. The first-order valence-electron chi connectivity index (χ1n) is 21.8. The standard InChI is InChI=1S/C28H29F3N2O5.C23H21F3N2O3.2H2S/c1-17(27(36)15-33(16-27)25(35)38-26(2,3)4)32-24(34)19-8-13-22-18(14-19)6-5-7-23(22)37-21-11-9-20(10-12-21)28(29,30)31;1-14(22(30)12-27-13-22)28-21(29)16-5-10-19-15(11-16)3-2-4-20(19)31-18-8-6-17(7-9-18)23(24,25)26;;/h5-14,17,36H,15-16H2,1-4H3,(H,32,34);2-11,14,27,30H,12-13H2,1H3,(H,28,29);2*1H2/t17-;14-;;/m00../s1. The summed E-state index contributed by atoms with van der Waals surface area (Å²) in [6.45, 7) is 9.62. The van der Waals surface area contributed by atoms with Crippen molar-refractivity contribution in [2.45, 2.75) is 75.9 Å². The van der Waals surface area contributed by atoms with Gasteiger partial charge in [-0.05, 0) is 142 Å². The lowest BCUT2D eigenvalue weighted by molar-refractivity contribution is -0.138. The summed E-state index contributed by atoms with van der Waals surface area (Å²) in [6.07, 6.45) is -9.36. The first kappa shape index (κ1) is 55.7. The number of hydrogen-bond acceptors (Lipinski definition) is 9. The van der Waals surface area contributed by atoms with Gasteiger partial charge in [0, 0.05) is 35.0 Å². The van der Waals surface area contributed by atoms with Gasteiger partial charge >= 0.3 is 18.4 Å². The number of nitrogens with one attached hydrogen (secondary N) is 3. The van der Waals surface area contributed by atoms with Crippen molar-refractivity contribution in [2.75, 3.05) is 26.2 Å². The molecule has 6 aromatic rings. The fraction of sp³-hybridized carbons (Fsp3) is 0.314. The molecule has 2 saturated heterocycles. The van der Waals surface area contributed by atoms with Crippen LogP contribution >= 0.6 is 27.0 Å². The number of amides is 3. The van der Waals surface area contributed by atoms with Crippen LogP contribution in [0.2, 0.25) is 0 Å². The Balaban J connectivity index is 0.000000262. The molecule has 2 aliphatic rings. The van der Waals surface area contributed by atoms with Crippen LogP contribution in [0.1, 0.15) is 66.5 Å². The first-order chi connectivity index (χ1) is 32.3. The largest absolute Gasteiger partial charge is 0.457 e. The number of alkyl halides is 6. The minimum Gasteiger partial charge on any atom is -0.457 e. The highest BCUT2D eigenvalue weighted by Crippen LogP contribution is 2.36. The van der Waals surface area contributed by atoms with Crippen molar-refractivity contribution < 1.29 is 65.1 Å². The van der Waals surface area contributed by atoms with E-state index in [0.717, 1.165) is 29.7 Å². The molecule has 71 heavy (non-hydrogen) atoms. The number of likely N-dealkylation sites (tertiary alicyclic amines) is 1. The molecule has 2 heterocycles. The summed E-state index contributed by atoms with van der Waals surface area (Å²) in [5.41, 5.74) is -3.61. The Hall–Kier alpha value is -6.19. The summed E-state index contributed by atoms with van der Waals surface area (Å²) in [5, 5.41) is 32.6. The number of aliphatic hydroxyl groups is 2. The molecule has 3 amide bonds. The van der Waals surface area contributed by atoms with Crippen molar-refractivity contribution >= 4 is 66.4 Å². The van der Waals surface area contributed by atoms with Gasteiger partial charge in [0.2, 0.25) is 0 Å². The Morgan fingerprint density at radius 3 is 1.35 bits per heavy atom. The van der Waals surface area contributed by atoms with Gasteiger partial charge in [0.25, 0.3) is 11.8 Å². The van der Waals surface area contributed by atoms with E-state index in [2.05, 4.69) is 16.0 Å². The van der Waals surface area contributed by atoms with Gasteiger partial charge in [-0.3, -0.25) is 9.59 Å². The van der Waals surface area contributed by atoms with Crippen molar-refractivity contribution in [1.29, 1.82) is 0 Å². The second-order valence-electron chi connectivity index (χ2n) is 18.2. The van der Waals surface area contributed by atoms with Crippen molar-refractivity contribution in [3.63, 3.8) is 0 Å². The van der Waals surface area contributed by atoms with Crippen LogP contribution in [0.25, 0.3) is 21.5 Å². The maximum absolute atomic E-state index is 12.9. The summed E-state index contributed by atoms with van der Waals surface area (Å²) < 4.78 is 93.6. The molecule has 8 rings (SSSR count). The van der Waals surface area contributed by atoms with Crippen LogP contribution in [-0.2, 0) is 17.1 Å². The van der Waals surface area contributed by atoms with Gasteiger partial charge in [-0.15, -0.1) is 0 Å². The van der Waals surface area contributed by atoms with Crippen LogP contribution in [0.3, 0.4) is 0 Å². The fourth-order valence-corrected chi connectivity index (χ4v) is 7.51. The number of benzene rings is 6. The molecule has 0 spiro atoms. The maximum Gasteiger partial charge on any atom is 0.416 e. The molecule has 0 unspecified atom stereocenters. The first-order valence-corrected chi connectivity index (χ1v) is 21.8. The monoisotopic (exact) mass is 1030 g/mol. The van der Waals surface area contributed by atoms with E-state index in [0.29, 0.717) is 51.9 Å². The molecule has 2 atom stereocenters. The Morgan fingerprint density at radius 1 is 0.606 bits per heavy atom. The number of ether oxygens (including phenoxy) is 3. The molecule has 2 fully saturated rings. The molecule has 0 saturated carbocycles. The van der Waals surface area contributed by atoms with Gasteiger partial charge in [-0.25, -0.2) is 4.79 Å². The molecule has 12 nitrogen and oxygen atoms in total. The third-order valence-corrected chi connectivity index (χ3v) is 11.8. The number of rotatable bonds is 10. The average molecular weight is 1030 g/mol. The quantitative estimate of drug-likeness (QED) is 0.0843. The van der Waals surface area contributed by atoms with Crippen LogP contribution in [0, 0.1) is 0 Å². The summed E-state index contributed by atoms with van der Waals surface area (Å²) in [6, 6.07) is 28.3. The van der Waals surface area contributed by atoms with E-state index in [9.17, 15) is 50.9 Å². The predicted molar refractivity (Wildman–Crippen MR) is 266 cm³/mol. The highest BCUT2D eigenvalue weighted by molar-refractivity contribution is 7.59. The lowest BCUT2D eigenvalue weighted by Crippen LogP contribution is -2.71. The van der Waals surface area contributed by atoms with Crippen molar-refractivity contribution in [1.82, 2.24) is 20.9 Å². The Labute approximate surface area is 419 Å². The highest BCUT2D eigenvalue weighted by Gasteiger charge is 2.49. The van der Waals surface area contributed by atoms with E-state index in [4.69, 9.17) is 14.2 Å². The van der Waals surface area contributed by atoms with Crippen molar-refractivity contribution in [2.24, 2.45) is 0 Å². The molecule has 0 aromatic heterocycles. The molecule has 6 aromatic carbocycles. The van der Waals surface area contributed by atoms with E-state index in [1.165, 1.54) is 29.2 Å². The van der Waals surface area contributed by atoms with Gasteiger partial charge in [0.15, 0.2) is 0 Å². The number of nitrogens with zero attached hydrogens (tertiary/aromatic N) is 1. The molecule has 0 aliphatic carbocycles. The number of fused-ring (bicyclic) bond motifs is 2. The van der Waals surface area contributed by atoms with Crippen molar-refractivity contribution in [3.8, 4) is 23.0 Å². The van der Waals surface area contributed by atoms with Crippen LogP contribution in [0.4, 0.5) is 31.1 Å². The highest BCUT2D eigenvalue weighted by atomic mass is 32.1. The summed E-state index contributed by atoms with van der Waals surface area (Å²) >= 11 is 0. The number of halogens is 6. The van der Waals surface area contributed by atoms with Crippen LogP contribution in [0.5, 0.6) is 23.0 Å². The smallest absolute Gasteiger partial charge is 0.416 e. The average Bonchev–Trinajstić information content (AvgIpc) is 3.26. The number of carbonyl (C=O) groups excluding carboxylic acids is 3. The molecule has 5 N–H and O–H groups in total. The Kier molecular flexibility index (Phi) is 17.0. The number of hydrogen-bond donors (Lipinski definition) is 5. The van der Waals surface area contributed by atoms with Gasteiger partial charge in [-0.2, -0.15) is 53.3 Å². The van der Waals surface area contributed by atoms with Crippen LogP contribution in [-0.4, -0.2) is 88.1 Å². The molecule has 20 heteroatoms. The fourth-order valence-electron chi connectivity index (χ4n) is 7.51. The van der Waals surface area contributed by atoms with E-state index >= 15 is 0 Å².